The van der Waals surface area contributed by atoms with Crippen LogP contribution in [0.25, 0.3) is 0 Å². The van der Waals surface area contributed by atoms with Crippen molar-refractivity contribution in [1.29, 1.82) is 0 Å². The zero-order valence-corrected chi connectivity index (χ0v) is 13.9. The van der Waals surface area contributed by atoms with E-state index in [9.17, 15) is 4.79 Å². The standard InChI is InChI=1S/C19H31NO/c1-3-5-10-16-14-15-18(11-6-4-2)20(19(16)21)17-12-8-7-9-13-17/h14-15,17H,3-13H2,1-2H3. The average molecular weight is 289 g/mol. The van der Waals surface area contributed by atoms with Gasteiger partial charge < -0.3 is 4.57 Å². The van der Waals surface area contributed by atoms with Crippen LogP contribution in [0, 0.1) is 0 Å². The van der Waals surface area contributed by atoms with Crippen LogP contribution in [0.5, 0.6) is 0 Å². The molecule has 2 nitrogen and oxygen atoms in total. The highest BCUT2D eigenvalue weighted by molar-refractivity contribution is 5.18. The third-order valence-corrected chi connectivity index (χ3v) is 4.81. The first-order valence-electron chi connectivity index (χ1n) is 9.01. The van der Waals surface area contributed by atoms with E-state index >= 15 is 0 Å². The zero-order valence-electron chi connectivity index (χ0n) is 13.9. The van der Waals surface area contributed by atoms with Crippen molar-refractivity contribution in [3.8, 4) is 0 Å². The third kappa shape index (κ3) is 4.21. The fourth-order valence-corrected chi connectivity index (χ4v) is 3.49. The second-order valence-corrected chi connectivity index (χ2v) is 6.52. The molecule has 1 saturated carbocycles. The molecular formula is C19H31NO. The molecule has 1 aliphatic carbocycles. The zero-order chi connectivity index (χ0) is 15.1. The second-order valence-electron chi connectivity index (χ2n) is 6.52. The number of aryl methyl sites for hydroxylation is 2. The van der Waals surface area contributed by atoms with Gasteiger partial charge in [0.15, 0.2) is 0 Å². The fourth-order valence-electron chi connectivity index (χ4n) is 3.49. The molecular weight excluding hydrogens is 258 g/mol. The second kappa shape index (κ2) is 8.41. The summed E-state index contributed by atoms with van der Waals surface area (Å²) >= 11 is 0. The Morgan fingerprint density at radius 2 is 1.67 bits per heavy atom. The van der Waals surface area contributed by atoms with E-state index in [0.717, 1.165) is 31.2 Å². The van der Waals surface area contributed by atoms with Gasteiger partial charge in [-0.3, -0.25) is 4.79 Å². The first-order valence-corrected chi connectivity index (χ1v) is 9.01. The van der Waals surface area contributed by atoms with Gasteiger partial charge in [0.05, 0.1) is 0 Å². The Balaban J connectivity index is 2.31. The summed E-state index contributed by atoms with van der Waals surface area (Å²) in [4.78, 5) is 12.9. The van der Waals surface area contributed by atoms with Crippen LogP contribution in [0.4, 0.5) is 0 Å². The minimum Gasteiger partial charge on any atom is -0.309 e. The molecule has 1 aliphatic rings. The number of nitrogens with zero attached hydrogens (tertiary/aromatic N) is 1. The lowest BCUT2D eigenvalue weighted by Crippen LogP contribution is -2.31. The molecule has 21 heavy (non-hydrogen) atoms. The van der Waals surface area contributed by atoms with Gasteiger partial charge in [-0.25, -0.2) is 0 Å². The van der Waals surface area contributed by atoms with Crippen molar-refractivity contribution < 1.29 is 0 Å². The van der Waals surface area contributed by atoms with Gasteiger partial charge in [-0.2, -0.15) is 0 Å². The highest BCUT2D eigenvalue weighted by Gasteiger charge is 2.20. The van der Waals surface area contributed by atoms with Gasteiger partial charge >= 0.3 is 0 Å². The van der Waals surface area contributed by atoms with Crippen LogP contribution in [-0.2, 0) is 12.8 Å². The fraction of sp³-hybridized carbons (Fsp3) is 0.737. The maximum absolute atomic E-state index is 12.9. The monoisotopic (exact) mass is 289 g/mol. The van der Waals surface area contributed by atoms with Gasteiger partial charge in [0.2, 0.25) is 0 Å². The Hall–Kier alpha value is -1.05. The molecule has 0 N–H and O–H groups in total. The van der Waals surface area contributed by atoms with Crippen molar-refractivity contribution in [2.24, 2.45) is 0 Å². The normalized spacial score (nSPS) is 16.3. The van der Waals surface area contributed by atoms with Crippen LogP contribution >= 0.6 is 0 Å². The lowest BCUT2D eigenvalue weighted by molar-refractivity contribution is 0.337. The number of rotatable bonds is 7. The molecule has 1 fully saturated rings. The van der Waals surface area contributed by atoms with E-state index < -0.39 is 0 Å². The van der Waals surface area contributed by atoms with Gasteiger partial charge in [-0.1, -0.05) is 52.0 Å². The quantitative estimate of drug-likeness (QED) is 0.689. The van der Waals surface area contributed by atoms with Gasteiger partial charge in [0.25, 0.3) is 5.56 Å². The van der Waals surface area contributed by atoms with Gasteiger partial charge in [-0.15, -0.1) is 0 Å². The predicted molar refractivity (Wildman–Crippen MR) is 90.0 cm³/mol. The summed E-state index contributed by atoms with van der Waals surface area (Å²) in [7, 11) is 0. The summed E-state index contributed by atoms with van der Waals surface area (Å²) in [5.41, 5.74) is 2.61. The highest BCUT2D eigenvalue weighted by atomic mass is 16.1. The van der Waals surface area contributed by atoms with Crippen LogP contribution in [0.3, 0.4) is 0 Å². The summed E-state index contributed by atoms with van der Waals surface area (Å²) < 4.78 is 2.18. The number of pyridine rings is 1. The lowest BCUT2D eigenvalue weighted by atomic mass is 9.94. The molecule has 1 aromatic rings. The van der Waals surface area contributed by atoms with Crippen molar-refractivity contribution in [1.82, 2.24) is 4.57 Å². The van der Waals surface area contributed by atoms with E-state index in [2.05, 4.69) is 30.5 Å². The minimum atomic E-state index is 0.309. The molecule has 2 heteroatoms. The van der Waals surface area contributed by atoms with Crippen molar-refractivity contribution in [2.45, 2.75) is 90.5 Å². The number of hydrogen-bond donors (Lipinski definition) is 0. The van der Waals surface area contributed by atoms with Crippen LogP contribution in [0.15, 0.2) is 16.9 Å². The molecule has 0 radical (unpaired) electrons. The maximum atomic E-state index is 12.9. The topological polar surface area (TPSA) is 22.0 Å². The first kappa shape index (κ1) is 16.3. The van der Waals surface area contributed by atoms with Crippen LogP contribution < -0.4 is 5.56 Å². The smallest absolute Gasteiger partial charge is 0.254 e. The molecule has 0 spiro atoms. The number of unbranched alkanes of at least 4 members (excludes halogenated alkanes) is 2. The highest BCUT2D eigenvalue weighted by Crippen LogP contribution is 2.28. The number of hydrogen-bond acceptors (Lipinski definition) is 1. The summed E-state index contributed by atoms with van der Waals surface area (Å²) in [6, 6.07) is 4.79. The van der Waals surface area contributed by atoms with Crippen molar-refractivity contribution in [3.63, 3.8) is 0 Å². The van der Waals surface area contributed by atoms with E-state index in [1.165, 1.54) is 50.6 Å². The van der Waals surface area contributed by atoms with Crippen molar-refractivity contribution >= 4 is 0 Å². The molecule has 0 aromatic carbocycles. The molecule has 0 atom stereocenters. The Kier molecular flexibility index (Phi) is 6.53. The van der Waals surface area contributed by atoms with E-state index in [0.29, 0.717) is 11.6 Å². The Labute approximate surface area is 129 Å². The minimum absolute atomic E-state index is 0.309. The molecule has 1 heterocycles. The molecule has 2 rings (SSSR count). The summed E-state index contributed by atoms with van der Waals surface area (Å²) in [6.45, 7) is 4.41. The first-order chi connectivity index (χ1) is 10.3. The SMILES string of the molecule is CCCCc1ccc(CCCC)n(C2CCCCC2)c1=O. The van der Waals surface area contributed by atoms with Gasteiger partial charge in [-0.05, 0) is 44.6 Å². The van der Waals surface area contributed by atoms with E-state index in [1.54, 1.807) is 0 Å². The molecule has 0 aliphatic heterocycles. The van der Waals surface area contributed by atoms with E-state index in [-0.39, 0.29) is 0 Å². The van der Waals surface area contributed by atoms with Gasteiger partial charge in [0, 0.05) is 17.3 Å². The molecule has 0 bridgehead atoms. The van der Waals surface area contributed by atoms with Crippen molar-refractivity contribution in [2.75, 3.05) is 0 Å². The van der Waals surface area contributed by atoms with Gasteiger partial charge in [0.1, 0.15) is 0 Å². The Morgan fingerprint density at radius 1 is 1.00 bits per heavy atom. The number of aromatic nitrogens is 1. The third-order valence-electron chi connectivity index (χ3n) is 4.81. The average Bonchev–Trinajstić information content (AvgIpc) is 2.52. The molecule has 0 amide bonds. The summed E-state index contributed by atoms with van der Waals surface area (Å²) in [6.07, 6.45) is 12.9. The summed E-state index contributed by atoms with van der Waals surface area (Å²) in [5, 5.41) is 0. The molecule has 118 valence electrons. The van der Waals surface area contributed by atoms with E-state index in [1.807, 2.05) is 0 Å². The van der Waals surface area contributed by atoms with Crippen LogP contribution in [-0.4, -0.2) is 4.57 Å². The summed E-state index contributed by atoms with van der Waals surface area (Å²) in [5.74, 6) is 0. The molecule has 0 saturated heterocycles. The molecule has 0 unspecified atom stereocenters. The van der Waals surface area contributed by atoms with E-state index in [4.69, 9.17) is 0 Å². The largest absolute Gasteiger partial charge is 0.309 e. The van der Waals surface area contributed by atoms with Crippen molar-refractivity contribution in [3.05, 3.63) is 33.7 Å². The lowest BCUT2D eigenvalue weighted by Gasteiger charge is -2.27. The predicted octanol–water partition coefficient (Wildman–Crippen LogP) is 5.04. The van der Waals surface area contributed by atoms with Crippen LogP contribution in [0.1, 0.15) is 88.9 Å². The maximum Gasteiger partial charge on any atom is 0.254 e. The molecule has 1 aromatic heterocycles. The van der Waals surface area contributed by atoms with Crippen LogP contribution in [0.2, 0.25) is 0 Å². The Bertz CT molecular complexity index is 483. The Morgan fingerprint density at radius 3 is 2.33 bits per heavy atom.